The molecule has 0 aromatic heterocycles. The topological polar surface area (TPSA) is 46.6 Å². The van der Waals surface area contributed by atoms with E-state index < -0.39 is 15.7 Å². The van der Waals surface area contributed by atoms with E-state index in [-0.39, 0.29) is 18.6 Å². The molecule has 19 heavy (non-hydrogen) atoms. The largest absolute Gasteiger partial charge is 0.455 e. The fraction of sp³-hybridized carbons (Fsp3) is 0.846. The first-order valence-corrected chi connectivity index (χ1v) is 7.38. The van der Waals surface area contributed by atoms with Crippen LogP contribution < -0.4 is 0 Å². The second kappa shape index (κ2) is 5.13. The van der Waals surface area contributed by atoms with Crippen molar-refractivity contribution in [1.82, 2.24) is 4.90 Å². The Kier molecular flexibility index (Phi) is 4.03. The first kappa shape index (κ1) is 14.9. The van der Waals surface area contributed by atoms with Gasteiger partial charge < -0.3 is 9.64 Å². The van der Waals surface area contributed by atoms with Gasteiger partial charge in [-0.2, -0.15) is 0 Å². The van der Waals surface area contributed by atoms with Crippen LogP contribution in [0.5, 0.6) is 0 Å². The standard InChI is InChI=1S/C13H19Cl2NO3/c1-9-5-3-4-6-16(9)10(17)7-19-11(18)12(2)8-13(12,14)15/h9H,3-8H2,1-2H3. The Morgan fingerprint density at radius 3 is 2.53 bits per heavy atom. The molecule has 1 aliphatic carbocycles. The lowest BCUT2D eigenvalue weighted by Crippen LogP contribution is -2.44. The van der Waals surface area contributed by atoms with E-state index in [1.807, 2.05) is 6.92 Å². The molecule has 1 amide bonds. The minimum Gasteiger partial charge on any atom is -0.455 e. The van der Waals surface area contributed by atoms with Crippen molar-refractivity contribution in [1.29, 1.82) is 0 Å². The predicted molar refractivity (Wildman–Crippen MR) is 73.1 cm³/mol. The summed E-state index contributed by atoms with van der Waals surface area (Å²) in [5.74, 6) is -0.630. The summed E-state index contributed by atoms with van der Waals surface area (Å²) in [5.41, 5.74) is -0.871. The van der Waals surface area contributed by atoms with E-state index in [9.17, 15) is 9.59 Å². The zero-order valence-corrected chi connectivity index (χ0v) is 12.8. The van der Waals surface area contributed by atoms with Crippen LogP contribution in [-0.4, -0.2) is 40.3 Å². The molecular weight excluding hydrogens is 289 g/mol. The summed E-state index contributed by atoms with van der Waals surface area (Å²) in [6.45, 7) is 4.19. The third-order valence-electron chi connectivity index (χ3n) is 4.16. The Balaban J connectivity index is 1.82. The minimum absolute atomic E-state index is 0.139. The van der Waals surface area contributed by atoms with Gasteiger partial charge in [-0.25, -0.2) is 0 Å². The van der Waals surface area contributed by atoms with Gasteiger partial charge in [-0.15, -0.1) is 23.2 Å². The summed E-state index contributed by atoms with van der Waals surface area (Å²) in [4.78, 5) is 25.6. The number of ether oxygens (including phenoxy) is 1. The van der Waals surface area contributed by atoms with Crippen molar-refractivity contribution in [2.45, 2.75) is 49.9 Å². The lowest BCUT2D eigenvalue weighted by atomic mass is 10.0. The summed E-state index contributed by atoms with van der Waals surface area (Å²) < 4.78 is 4.02. The van der Waals surface area contributed by atoms with E-state index in [1.165, 1.54) is 0 Å². The van der Waals surface area contributed by atoms with Crippen LogP contribution in [0.3, 0.4) is 0 Å². The van der Waals surface area contributed by atoms with E-state index in [0.717, 1.165) is 25.8 Å². The molecule has 0 radical (unpaired) electrons. The third kappa shape index (κ3) is 2.84. The van der Waals surface area contributed by atoms with Gasteiger partial charge in [-0.1, -0.05) is 0 Å². The Morgan fingerprint density at radius 1 is 1.37 bits per heavy atom. The van der Waals surface area contributed by atoms with Crippen molar-refractivity contribution < 1.29 is 14.3 Å². The molecule has 2 atom stereocenters. The molecule has 1 heterocycles. The van der Waals surface area contributed by atoms with Crippen LogP contribution in [-0.2, 0) is 14.3 Å². The highest BCUT2D eigenvalue weighted by Crippen LogP contribution is 2.64. The maximum atomic E-state index is 12.0. The Bertz CT molecular complexity index is 399. The number of hydrogen-bond donors (Lipinski definition) is 0. The molecule has 2 rings (SSSR count). The predicted octanol–water partition coefficient (Wildman–Crippen LogP) is 2.51. The molecule has 0 aromatic rings. The number of rotatable bonds is 3. The van der Waals surface area contributed by atoms with Gasteiger partial charge in [0, 0.05) is 19.0 Å². The van der Waals surface area contributed by atoms with Crippen molar-refractivity contribution in [2.24, 2.45) is 5.41 Å². The Hall–Kier alpha value is -0.480. The molecule has 2 aliphatic rings. The van der Waals surface area contributed by atoms with Crippen molar-refractivity contribution in [3.63, 3.8) is 0 Å². The number of carbonyl (C=O) groups is 2. The van der Waals surface area contributed by atoms with Crippen molar-refractivity contribution in [3.8, 4) is 0 Å². The highest BCUT2D eigenvalue weighted by atomic mass is 35.5. The van der Waals surface area contributed by atoms with Crippen LogP contribution in [0.15, 0.2) is 0 Å². The smallest absolute Gasteiger partial charge is 0.315 e. The normalized spacial score (nSPS) is 32.8. The lowest BCUT2D eigenvalue weighted by molar-refractivity contribution is -0.157. The number of hydrogen-bond acceptors (Lipinski definition) is 3. The molecule has 108 valence electrons. The van der Waals surface area contributed by atoms with E-state index in [4.69, 9.17) is 27.9 Å². The number of nitrogens with zero attached hydrogens (tertiary/aromatic N) is 1. The summed E-state index contributed by atoms with van der Waals surface area (Å²) in [5, 5.41) is 0. The van der Waals surface area contributed by atoms with Crippen molar-refractivity contribution in [2.75, 3.05) is 13.2 Å². The average Bonchev–Trinajstić information content (AvgIpc) is 2.87. The zero-order valence-electron chi connectivity index (χ0n) is 11.2. The Morgan fingerprint density at radius 2 is 2.00 bits per heavy atom. The van der Waals surface area contributed by atoms with Gasteiger partial charge in [-0.05, 0) is 33.1 Å². The van der Waals surface area contributed by atoms with Crippen molar-refractivity contribution in [3.05, 3.63) is 0 Å². The molecule has 6 heteroatoms. The highest BCUT2D eigenvalue weighted by molar-refractivity contribution is 6.53. The zero-order chi connectivity index (χ0) is 14.3. The fourth-order valence-corrected chi connectivity index (χ4v) is 3.15. The lowest BCUT2D eigenvalue weighted by Gasteiger charge is -2.33. The van der Waals surface area contributed by atoms with Gasteiger partial charge in [0.1, 0.15) is 9.75 Å². The molecule has 4 nitrogen and oxygen atoms in total. The third-order valence-corrected chi connectivity index (χ3v) is 5.26. The van der Waals surface area contributed by atoms with Crippen LogP contribution in [0.2, 0.25) is 0 Å². The minimum atomic E-state index is -1.05. The maximum absolute atomic E-state index is 12.0. The second-order valence-electron chi connectivity index (χ2n) is 5.72. The molecule has 0 aromatic carbocycles. The van der Waals surface area contributed by atoms with Crippen LogP contribution in [0.1, 0.15) is 39.5 Å². The second-order valence-corrected chi connectivity index (χ2v) is 7.21. The number of likely N-dealkylation sites (tertiary alicyclic amines) is 1. The number of halogens is 2. The highest BCUT2D eigenvalue weighted by Gasteiger charge is 2.69. The molecule has 0 N–H and O–H groups in total. The number of piperidine rings is 1. The summed E-state index contributed by atoms with van der Waals surface area (Å²) >= 11 is 11.8. The molecule has 1 saturated carbocycles. The summed E-state index contributed by atoms with van der Waals surface area (Å²) in [7, 11) is 0. The van der Waals surface area contributed by atoms with Crippen LogP contribution in [0, 0.1) is 5.41 Å². The SMILES string of the molecule is CC1CCCCN1C(=O)COC(=O)C1(C)CC1(Cl)Cl. The van der Waals surface area contributed by atoms with Gasteiger partial charge in [0.05, 0.1) is 0 Å². The molecular formula is C13H19Cl2NO3. The van der Waals surface area contributed by atoms with Gasteiger partial charge in [0.2, 0.25) is 0 Å². The van der Waals surface area contributed by atoms with E-state index in [1.54, 1.807) is 11.8 Å². The molecule has 1 saturated heterocycles. The van der Waals surface area contributed by atoms with Gasteiger partial charge in [0.15, 0.2) is 6.61 Å². The Labute approximate surface area is 123 Å². The van der Waals surface area contributed by atoms with Crippen LogP contribution in [0.25, 0.3) is 0 Å². The molecule has 1 aliphatic heterocycles. The maximum Gasteiger partial charge on any atom is 0.315 e. The summed E-state index contributed by atoms with van der Waals surface area (Å²) in [6.07, 6.45) is 3.53. The first-order valence-electron chi connectivity index (χ1n) is 6.62. The molecule has 2 fully saturated rings. The summed E-state index contributed by atoms with van der Waals surface area (Å²) in [6, 6.07) is 0.219. The average molecular weight is 308 g/mol. The van der Waals surface area contributed by atoms with Crippen LogP contribution in [0.4, 0.5) is 0 Å². The number of amides is 1. The van der Waals surface area contributed by atoms with Gasteiger partial charge in [0.25, 0.3) is 5.91 Å². The van der Waals surface area contributed by atoms with Crippen molar-refractivity contribution >= 4 is 35.1 Å². The van der Waals surface area contributed by atoms with E-state index in [2.05, 4.69) is 0 Å². The first-order chi connectivity index (χ1) is 8.78. The molecule has 0 spiro atoms. The molecule has 0 bridgehead atoms. The van der Waals surface area contributed by atoms with Crippen LogP contribution >= 0.6 is 23.2 Å². The van der Waals surface area contributed by atoms with E-state index in [0.29, 0.717) is 6.42 Å². The molecule has 2 unspecified atom stereocenters. The number of esters is 1. The quantitative estimate of drug-likeness (QED) is 0.594. The van der Waals surface area contributed by atoms with Gasteiger partial charge >= 0.3 is 5.97 Å². The number of alkyl halides is 2. The fourth-order valence-electron chi connectivity index (χ4n) is 2.46. The van der Waals surface area contributed by atoms with E-state index >= 15 is 0 Å². The monoisotopic (exact) mass is 307 g/mol. The number of carbonyl (C=O) groups excluding carboxylic acids is 2. The van der Waals surface area contributed by atoms with Gasteiger partial charge in [-0.3, -0.25) is 9.59 Å².